The van der Waals surface area contributed by atoms with Gasteiger partial charge in [0.2, 0.25) is 0 Å². The van der Waals surface area contributed by atoms with E-state index in [1.807, 2.05) is 0 Å². The monoisotopic (exact) mass is 335 g/mol. The number of hydrogen-bond donors (Lipinski definition) is 2. The van der Waals surface area contributed by atoms with Crippen LogP contribution in [0.3, 0.4) is 0 Å². The van der Waals surface area contributed by atoms with Gasteiger partial charge in [-0.15, -0.1) is 0 Å². The highest BCUT2D eigenvalue weighted by Gasteiger charge is 2.30. The number of carbonyl (C=O) groups is 1. The van der Waals surface area contributed by atoms with Crippen LogP contribution in [-0.2, 0) is 9.53 Å². The van der Waals surface area contributed by atoms with Gasteiger partial charge in [0.05, 0.1) is 16.3 Å². The predicted molar refractivity (Wildman–Crippen MR) is 68.1 cm³/mol. The maximum atomic E-state index is 13.5. The first-order valence-corrected chi connectivity index (χ1v) is 6.53. The zero-order valence-electron chi connectivity index (χ0n) is 9.83. The summed E-state index contributed by atoms with van der Waals surface area (Å²) in [7, 11) is 0. The second-order valence-corrected chi connectivity index (χ2v) is 5.14. The topological polar surface area (TPSA) is 58.6 Å². The number of aliphatic carboxylic acids is 1. The molecule has 0 saturated carbocycles. The summed E-state index contributed by atoms with van der Waals surface area (Å²) in [6.07, 6.45) is -0.0495. The Balaban J connectivity index is 1.93. The Labute approximate surface area is 116 Å². The second-order valence-electron chi connectivity index (χ2n) is 4.29. The van der Waals surface area contributed by atoms with E-state index in [0.29, 0.717) is 12.8 Å². The smallest absolute Gasteiger partial charge is 0.332 e. The lowest BCUT2D eigenvalue weighted by Gasteiger charge is -2.14. The molecule has 1 saturated heterocycles. The van der Waals surface area contributed by atoms with Gasteiger partial charge in [0.25, 0.3) is 0 Å². The first kappa shape index (κ1) is 14.2. The van der Waals surface area contributed by atoms with E-state index in [-0.39, 0.29) is 22.8 Å². The highest BCUT2D eigenvalue weighted by atomic mass is 79.9. The average molecular weight is 336 g/mol. The van der Waals surface area contributed by atoms with Gasteiger partial charge in [-0.2, -0.15) is 0 Å². The molecular weight excluding hydrogens is 324 g/mol. The van der Waals surface area contributed by atoms with Crippen LogP contribution in [-0.4, -0.2) is 29.8 Å². The Morgan fingerprint density at radius 2 is 2.16 bits per heavy atom. The maximum Gasteiger partial charge on any atom is 0.332 e. The van der Waals surface area contributed by atoms with Gasteiger partial charge in [0.15, 0.2) is 6.10 Å². The number of nitrogens with one attached hydrogen (secondary N) is 1. The molecule has 0 aliphatic carbocycles. The summed E-state index contributed by atoms with van der Waals surface area (Å²) >= 11 is 2.97. The molecule has 2 rings (SSSR count). The fourth-order valence-corrected chi connectivity index (χ4v) is 2.26. The maximum absolute atomic E-state index is 13.5. The molecule has 2 atom stereocenters. The molecule has 1 fully saturated rings. The lowest BCUT2D eigenvalue weighted by atomic mass is 10.2. The van der Waals surface area contributed by atoms with E-state index >= 15 is 0 Å². The largest absolute Gasteiger partial charge is 0.479 e. The minimum absolute atomic E-state index is 0.149. The van der Waals surface area contributed by atoms with E-state index in [1.165, 1.54) is 6.07 Å². The van der Waals surface area contributed by atoms with E-state index < -0.39 is 23.7 Å². The molecule has 1 aliphatic heterocycles. The molecule has 7 heteroatoms. The third-order valence-electron chi connectivity index (χ3n) is 2.91. The summed E-state index contributed by atoms with van der Waals surface area (Å²) in [6.45, 7) is 0.277. The first-order chi connectivity index (χ1) is 8.97. The van der Waals surface area contributed by atoms with Crippen molar-refractivity contribution >= 4 is 27.6 Å². The Morgan fingerprint density at radius 3 is 2.79 bits per heavy atom. The third-order valence-corrected chi connectivity index (χ3v) is 3.52. The molecule has 2 unspecified atom stereocenters. The molecule has 0 aromatic heterocycles. The first-order valence-electron chi connectivity index (χ1n) is 5.74. The zero-order chi connectivity index (χ0) is 14.0. The van der Waals surface area contributed by atoms with Crippen molar-refractivity contribution < 1.29 is 23.4 Å². The van der Waals surface area contributed by atoms with E-state index in [0.717, 1.165) is 6.07 Å². The molecule has 4 nitrogen and oxygen atoms in total. The van der Waals surface area contributed by atoms with Gasteiger partial charge >= 0.3 is 5.97 Å². The van der Waals surface area contributed by atoms with Crippen LogP contribution in [0.25, 0.3) is 0 Å². The number of carboxylic acids is 1. The van der Waals surface area contributed by atoms with E-state index in [1.54, 1.807) is 0 Å². The molecule has 0 amide bonds. The van der Waals surface area contributed by atoms with Crippen molar-refractivity contribution in [2.24, 2.45) is 0 Å². The molecular formula is C12H12BrF2NO3. The van der Waals surface area contributed by atoms with E-state index in [2.05, 4.69) is 21.2 Å². The van der Waals surface area contributed by atoms with Crippen molar-refractivity contribution in [3.8, 4) is 0 Å². The average Bonchev–Trinajstić information content (AvgIpc) is 2.81. The molecule has 19 heavy (non-hydrogen) atoms. The number of benzene rings is 1. The fourth-order valence-electron chi connectivity index (χ4n) is 1.92. The molecule has 0 bridgehead atoms. The van der Waals surface area contributed by atoms with Crippen molar-refractivity contribution in [3.63, 3.8) is 0 Å². The molecule has 1 aromatic rings. The Morgan fingerprint density at radius 1 is 1.42 bits per heavy atom. The lowest BCUT2D eigenvalue weighted by molar-refractivity contribution is -0.149. The van der Waals surface area contributed by atoms with Gasteiger partial charge in [-0.05, 0) is 34.8 Å². The van der Waals surface area contributed by atoms with Crippen LogP contribution in [0.4, 0.5) is 14.5 Å². The van der Waals surface area contributed by atoms with Crippen molar-refractivity contribution in [1.29, 1.82) is 0 Å². The highest BCUT2D eigenvalue weighted by molar-refractivity contribution is 9.10. The van der Waals surface area contributed by atoms with Crippen molar-refractivity contribution in [2.75, 3.05) is 11.9 Å². The summed E-state index contributed by atoms with van der Waals surface area (Å²) < 4.78 is 31.9. The molecule has 104 valence electrons. The minimum Gasteiger partial charge on any atom is -0.479 e. The zero-order valence-corrected chi connectivity index (χ0v) is 11.4. The lowest BCUT2D eigenvalue weighted by Crippen LogP contribution is -2.24. The number of ether oxygens (including phenoxy) is 1. The Hall–Kier alpha value is -1.21. The van der Waals surface area contributed by atoms with Crippen LogP contribution in [0.1, 0.15) is 12.8 Å². The quantitative estimate of drug-likeness (QED) is 0.830. The Kier molecular flexibility index (Phi) is 4.36. The van der Waals surface area contributed by atoms with Gasteiger partial charge in [0.1, 0.15) is 11.6 Å². The number of carboxylic acid groups (broad SMARTS) is 1. The summed E-state index contributed by atoms with van der Waals surface area (Å²) in [4.78, 5) is 10.7. The molecule has 1 aliphatic rings. The second kappa shape index (κ2) is 5.83. The molecule has 0 spiro atoms. The van der Waals surface area contributed by atoms with Crippen LogP contribution in [0, 0.1) is 11.6 Å². The summed E-state index contributed by atoms with van der Waals surface area (Å²) in [5.41, 5.74) is 0.149. The number of halogens is 3. The van der Waals surface area contributed by atoms with Crippen molar-refractivity contribution in [3.05, 3.63) is 28.2 Å². The predicted octanol–water partition coefficient (Wildman–Crippen LogP) is 2.77. The van der Waals surface area contributed by atoms with E-state index in [4.69, 9.17) is 9.84 Å². The molecule has 0 radical (unpaired) electrons. The Bertz CT molecular complexity index is 498. The molecule has 1 aromatic carbocycles. The van der Waals surface area contributed by atoms with Crippen molar-refractivity contribution in [2.45, 2.75) is 25.0 Å². The van der Waals surface area contributed by atoms with Crippen LogP contribution < -0.4 is 5.32 Å². The fraction of sp³-hybridized carbons (Fsp3) is 0.417. The molecule has 1 heterocycles. The number of anilines is 1. The van der Waals surface area contributed by atoms with Crippen molar-refractivity contribution in [1.82, 2.24) is 0 Å². The van der Waals surface area contributed by atoms with E-state index in [9.17, 15) is 13.6 Å². The van der Waals surface area contributed by atoms with Crippen LogP contribution in [0.15, 0.2) is 16.6 Å². The van der Waals surface area contributed by atoms with Gasteiger partial charge < -0.3 is 15.2 Å². The summed E-state index contributed by atoms with van der Waals surface area (Å²) in [5, 5.41) is 11.6. The van der Waals surface area contributed by atoms with Gasteiger partial charge in [-0.25, -0.2) is 13.6 Å². The van der Waals surface area contributed by atoms with Crippen LogP contribution in [0.5, 0.6) is 0 Å². The van der Waals surface area contributed by atoms with Gasteiger partial charge in [-0.1, -0.05) is 0 Å². The highest BCUT2D eigenvalue weighted by Crippen LogP contribution is 2.25. The SMILES string of the molecule is O=C(O)C1CCC(CNc2cc(Br)c(F)cc2F)O1. The minimum atomic E-state index is -0.988. The standard InChI is InChI=1S/C12H12BrF2NO3/c13-7-3-10(9(15)4-8(7)14)16-5-6-1-2-11(19-6)12(17)18/h3-4,6,11,16H,1-2,5H2,(H,17,18). The summed E-state index contributed by atoms with van der Waals surface area (Å²) in [6, 6.07) is 2.08. The number of hydrogen-bond acceptors (Lipinski definition) is 3. The van der Waals surface area contributed by atoms with Crippen LogP contribution >= 0.6 is 15.9 Å². The van der Waals surface area contributed by atoms with Gasteiger partial charge in [0, 0.05) is 12.6 Å². The summed E-state index contributed by atoms with van der Waals surface area (Å²) in [5.74, 6) is -2.36. The van der Waals surface area contributed by atoms with Gasteiger partial charge in [-0.3, -0.25) is 0 Å². The third kappa shape index (κ3) is 3.42. The number of rotatable bonds is 4. The normalized spacial score (nSPS) is 22.5. The molecule has 2 N–H and O–H groups in total. The van der Waals surface area contributed by atoms with Crippen LogP contribution in [0.2, 0.25) is 0 Å².